The Kier molecular flexibility index (Phi) is 3.70. The molecule has 2 aromatic carbocycles. The monoisotopic (exact) mass is 329 g/mol. The summed E-state index contributed by atoms with van der Waals surface area (Å²) in [5, 5.41) is 12.4. The van der Waals surface area contributed by atoms with Gasteiger partial charge in [-0.2, -0.15) is 5.11 Å². The highest BCUT2D eigenvalue weighted by Crippen LogP contribution is 2.22. The van der Waals surface area contributed by atoms with Crippen molar-refractivity contribution in [3.63, 3.8) is 0 Å². The molecular formula is C19H15N5O. The van der Waals surface area contributed by atoms with Crippen LogP contribution in [-0.4, -0.2) is 14.8 Å². The smallest absolute Gasteiger partial charge is 0.293 e. The van der Waals surface area contributed by atoms with Crippen LogP contribution in [0.25, 0.3) is 16.6 Å². The van der Waals surface area contributed by atoms with Gasteiger partial charge < -0.3 is 0 Å². The minimum Gasteiger partial charge on any atom is -0.293 e. The second-order valence-corrected chi connectivity index (χ2v) is 5.64. The molecule has 0 spiro atoms. The van der Waals surface area contributed by atoms with Gasteiger partial charge in [0.1, 0.15) is 0 Å². The fraction of sp³-hybridized carbons (Fsp3) is 0.0526. The Hall–Kier alpha value is -3.54. The number of rotatable bonds is 3. The van der Waals surface area contributed by atoms with Crippen LogP contribution >= 0.6 is 0 Å². The summed E-state index contributed by atoms with van der Waals surface area (Å²) < 4.78 is 1.47. The molecule has 0 aliphatic carbocycles. The number of nitrogens with one attached hydrogen (secondary N) is 1. The lowest BCUT2D eigenvalue weighted by Gasteiger charge is -1.99. The van der Waals surface area contributed by atoms with Crippen molar-refractivity contribution in [1.29, 1.82) is 0 Å². The zero-order valence-corrected chi connectivity index (χ0v) is 13.5. The Balaban J connectivity index is 1.71. The normalized spacial score (nSPS) is 11.4. The largest absolute Gasteiger partial charge is 0.299 e. The topological polar surface area (TPSA) is 75.4 Å². The van der Waals surface area contributed by atoms with E-state index in [9.17, 15) is 4.79 Å². The van der Waals surface area contributed by atoms with E-state index in [2.05, 4.69) is 20.3 Å². The molecule has 0 amide bonds. The van der Waals surface area contributed by atoms with Gasteiger partial charge in [0.05, 0.1) is 22.6 Å². The standard InChI is InChI=1S/C19H15N5O/c1-13-18(19(25)24(23-13)16-7-3-2-4-8-16)22-21-15-9-10-17-14(12-15)6-5-11-20-17/h2-12,23H,1H3. The molecule has 0 aliphatic heterocycles. The highest BCUT2D eigenvalue weighted by molar-refractivity contribution is 5.81. The van der Waals surface area contributed by atoms with Crippen molar-refractivity contribution in [2.24, 2.45) is 10.2 Å². The fourth-order valence-electron chi connectivity index (χ4n) is 2.65. The van der Waals surface area contributed by atoms with Crippen molar-refractivity contribution in [1.82, 2.24) is 14.8 Å². The van der Waals surface area contributed by atoms with Gasteiger partial charge in [-0.05, 0) is 43.3 Å². The van der Waals surface area contributed by atoms with Crippen LogP contribution in [0.2, 0.25) is 0 Å². The average Bonchev–Trinajstić information content (AvgIpc) is 2.94. The van der Waals surface area contributed by atoms with Crippen molar-refractivity contribution in [2.75, 3.05) is 0 Å². The molecule has 0 saturated heterocycles. The summed E-state index contributed by atoms with van der Waals surface area (Å²) in [7, 11) is 0. The summed E-state index contributed by atoms with van der Waals surface area (Å²) >= 11 is 0. The first-order valence-electron chi connectivity index (χ1n) is 7.86. The van der Waals surface area contributed by atoms with Crippen LogP contribution in [0.5, 0.6) is 0 Å². The van der Waals surface area contributed by atoms with Crippen LogP contribution in [0.1, 0.15) is 5.69 Å². The van der Waals surface area contributed by atoms with Gasteiger partial charge in [0.2, 0.25) is 0 Å². The molecule has 2 heterocycles. The average molecular weight is 329 g/mol. The van der Waals surface area contributed by atoms with Gasteiger partial charge in [0, 0.05) is 11.6 Å². The zero-order chi connectivity index (χ0) is 17.2. The lowest BCUT2D eigenvalue weighted by atomic mass is 10.2. The quantitative estimate of drug-likeness (QED) is 0.564. The van der Waals surface area contributed by atoms with Crippen molar-refractivity contribution < 1.29 is 0 Å². The van der Waals surface area contributed by atoms with E-state index in [1.54, 1.807) is 13.1 Å². The van der Waals surface area contributed by atoms with Crippen molar-refractivity contribution in [3.8, 4) is 5.69 Å². The van der Waals surface area contributed by atoms with E-state index in [0.29, 0.717) is 17.1 Å². The number of azo groups is 1. The van der Waals surface area contributed by atoms with E-state index in [1.165, 1.54) is 4.68 Å². The second kappa shape index (κ2) is 6.16. The maximum atomic E-state index is 12.6. The summed E-state index contributed by atoms with van der Waals surface area (Å²) in [5.41, 5.74) is 3.07. The Morgan fingerprint density at radius 1 is 1.00 bits per heavy atom. The number of aromatic nitrogens is 3. The molecule has 4 rings (SSSR count). The summed E-state index contributed by atoms with van der Waals surface area (Å²) in [5.74, 6) is 0. The molecule has 122 valence electrons. The van der Waals surface area contributed by atoms with E-state index >= 15 is 0 Å². The van der Waals surface area contributed by atoms with Gasteiger partial charge in [0.25, 0.3) is 5.56 Å². The maximum Gasteiger partial charge on any atom is 0.299 e. The van der Waals surface area contributed by atoms with Crippen LogP contribution in [0, 0.1) is 6.92 Å². The number of benzene rings is 2. The van der Waals surface area contributed by atoms with Crippen LogP contribution in [0.3, 0.4) is 0 Å². The van der Waals surface area contributed by atoms with Gasteiger partial charge in [-0.3, -0.25) is 14.9 Å². The Morgan fingerprint density at radius 2 is 1.84 bits per heavy atom. The summed E-state index contributed by atoms with van der Waals surface area (Å²) in [6.45, 7) is 1.81. The Labute approximate surface area is 143 Å². The molecule has 1 N–H and O–H groups in total. The third-order valence-corrected chi connectivity index (χ3v) is 3.91. The van der Waals surface area contributed by atoms with Crippen molar-refractivity contribution in [3.05, 3.63) is 82.9 Å². The highest BCUT2D eigenvalue weighted by Gasteiger charge is 2.11. The van der Waals surface area contributed by atoms with E-state index in [4.69, 9.17) is 0 Å². The molecule has 25 heavy (non-hydrogen) atoms. The lowest BCUT2D eigenvalue weighted by molar-refractivity contribution is 0.835. The first-order valence-corrected chi connectivity index (χ1v) is 7.86. The minimum atomic E-state index is -0.227. The van der Waals surface area contributed by atoms with Crippen molar-refractivity contribution in [2.45, 2.75) is 6.92 Å². The number of H-pyrrole nitrogens is 1. The molecule has 2 aromatic heterocycles. The summed E-state index contributed by atoms with van der Waals surface area (Å²) in [6, 6.07) is 18.8. The second-order valence-electron chi connectivity index (χ2n) is 5.64. The van der Waals surface area contributed by atoms with E-state index in [1.807, 2.05) is 60.7 Å². The molecule has 0 atom stereocenters. The van der Waals surface area contributed by atoms with Gasteiger partial charge in [0.15, 0.2) is 5.69 Å². The number of hydrogen-bond donors (Lipinski definition) is 1. The lowest BCUT2D eigenvalue weighted by Crippen LogP contribution is -2.13. The molecule has 6 nitrogen and oxygen atoms in total. The SMILES string of the molecule is Cc1[nH]n(-c2ccccc2)c(=O)c1N=Nc1ccc2ncccc2c1. The number of nitrogens with zero attached hydrogens (tertiary/aromatic N) is 4. The van der Waals surface area contributed by atoms with Crippen LogP contribution in [0.4, 0.5) is 11.4 Å². The molecule has 0 saturated carbocycles. The minimum absolute atomic E-state index is 0.227. The van der Waals surface area contributed by atoms with Gasteiger partial charge in [-0.15, -0.1) is 5.11 Å². The number of pyridine rings is 1. The first kappa shape index (κ1) is 15.0. The molecular weight excluding hydrogens is 314 g/mol. The molecule has 0 unspecified atom stereocenters. The third kappa shape index (κ3) is 2.85. The number of hydrogen-bond acceptors (Lipinski definition) is 4. The molecule has 6 heteroatoms. The molecule has 0 fully saturated rings. The molecule has 0 aliphatic rings. The number of para-hydroxylation sites is 1. The number of aryl methyl sites for hydroxylation is 1. The number of aromatic amines is 1. The summed E-state index contributed by atoms with van der Waals surface area (Å²) in [4.78, 5) is 16.9. The fourth-order valence-corrected chi connectivity index (χ4v) is 2.65. The Bertz CT molecular complexity index is 1130. The molecule has 0 bridgehead atoms. The van der Waals surface area contributed by atoms with E-state index in [-0.39, 0.29) is 5.56 Å². The van der Waals surface area contributed by atoms with Gasteiger partial charge in [-0.25, -0.2) is 4.68 Å². The predicted molar refractivity (Wildman–Crippen MR) is 97.0 cm³/mol. The van der Waals surface area contributed by atoms with Crippen LogP contribution in [0.15, 0.2) is 81.9 Å². The molecule has 4 aromatic rings. The zero-order valence-electron chi connectivity index (χ0n) is 13.5. The maximum absolute atomic E-state index is 12.6. The van der Waals surface area contributed by atoms with E-state index < -0.39 is 0 Å². The first-order chi connectivity index (χ1) is 12.2. The van der Waals surface area contributed by atoms with Crippen LogP contribution < -0.4 is 5.56 Å². The predicted octanol–water partition coefficient (Wildman–Crippen LogP) is 4.44. The van der Waals surface area contributed by atoms with Crippen LogP contribution in [-0.2, 0) is 0 Å². The summed E-state index contributed by atoms with van der Waals surface area (Å²) in [6.07, 6.45) is 1.75. The van der Waals surface area contributed by atoms with Crippen molar-refractivity contribution >= 4 is 22.3 Å². The Morgan fingerprint density at radius 3 is 2.68 bits per heavy atom. The van der Waals surface area contributed by atoms with E-state index in [0.717, 1.165) is 16.6 Å². The highest BCUT2D eigenvalue weighted by atomic mass is 16.1. The number of fused-ring (bicyclic) bond motifs is 1. The van der Waals surface area contributed by atoms with Gasteiger partial charge in [-0.1, -0.05) is 24.3 Å². The van der Waals surface area contributed by atoms with Gasteiger partial charge >= 0.3 is 0 Å². The third-order valence-electron chi connectivity index (χ3n) is 3.91. The molecule has 0 radical (unpaired) electrons.